The maximum Gasteiger partial charge on any atom is 0.258 e. The molecule has 2 aromatic heterocycles. The summed E-state index contributed by atoms with van der Waals surface area (Å²) >= 11 is 0. The van der Waals surface area contributed by atoms with Crippen LogP contribution in [0, 0.1) is 0 Å². The third-order valence-electron chi connectivity index (χ3n) is 9.77. The van der Waals surface area contributed by atoms with Crippen LogP contribution in [0.4, 0.5) is 0 Å². The number of carbonyl (C=O) groups is 2. The normalized spacial score (nSPS) is 21.1. The third-order valence-corrected chi connectivity index (χ3v) is 9.77. The summed E-state index contributed by atoms with van der Waals surface area (Å²) in [6.07, 6.45) is 1.33. The molecule has 0 bridgehead atoms. The second-order valence-corrected chi connectivity index (χ2v) is 13.6. The van der Waals surface area contributed by atoms with Crippen molar-refractivity contribution < 1.29 is 33.3 Å². The Balaban J connectivity index is 1.22. The van der Waals surface area contributed by atoms with Gasteiger partial charge in [0.25, 0.3) is 11.8 Å². The number of fused-ring (bicyclic) bond motifs is 1. The Bertz CT molecular complexity index is 2230. The van der Waals surface area contributed by atoms with Gasteiger partial charge in [0.1, 0.15) is 30.1 Å². The zero-order valence-electron chi connectivity index (χ0n) is 30.1. The Morgan fingerprint density at radius 1 is 0.618 bits per heavy atom. The lowest BCUT2D eigenvalue weighted by Gasteiger charge is -2.46. The molecule has 0 aliphatic carbocycles. The summed E-state index contributed by atoms with van der Waals surface area (Å²) < 4.78 is 36.0. The summed E-state index contributed by atoms with van der Waals surface area (Å²) in [5, 5.41) is 3.06. The number of aromatic nitrogens is 2. The number of rotatable bonds is 15. The molecule has 0 spiro atoms. The van der Waals surface area contributed by atoms with E-state index in [4.69, 9.17) is 28.7 Å². The Labute approximate surface area is 319 Å². The van der Waals surface area contributed by atoms with E-state index in [2.05, 4.69) is 5.32 Å². The van der Waals surface area contributed by atoms with Crippen molar-refractivity contribution in [1.82, 2.24) is 14.9 Å². The van der Waals surface area contributed by atoms with E-state index in [1.54, 1.807) is 12.3 Å². The first kappa shape index (κ1) is 36.2. The second kappa shape index (κ2) is 17.2. The quantitative estimate of drug-likeness (QED) is 0.113. The fourth-order valence-electron chi connectivity index (χ4n) is 7.09. The third kappa shape index (κ3) is 8.49. The standard InChI is InChI=1S/C45H41N3O7/c49-39-24-36(44(50)47-39)37-25-48(43-35(37)22-13-23-46-43)45-42(54-29-34-20-11-4-12-21-34)41(53-28-33-18-9-3-10-19-33)40(52-27-32-16-7-2-8-17-32)38(55-45)30-51-26-31-14-5-1-6-15-31/h1-25,38,40-42,45H,26-30H2,(H,47,49,50)/t38-,40-,41+,42-,45-/m1/s1. The van der Waals surface area contributed by atoms with Crippen molar-refractivity contribution >= 4 is 28.4 Å². The minimum absolute atomic E-state index is 0.184. The van der Waals surface area contributed by atoms with E-state index < -0.39 is 42.5 Å². The number of hydrogen-bond acceptors (Lipinski definition) is 8. The highest BCUT2D eigenvalue weighted by atomic mass is 16.6. The van der Waals surface area contributed by atoms with Crippen LogP contribution in [0.3, 0.4) is 0 Å². The zero-order valence-corrected chi connectivity index (χ0v) is 30.1. The molecule has 2 amide bonds. The van der Waals surface area contributed by atoms with Gasteiger partial charge in [0.15, 0.2) is 6.23 Å². The minimum Gasteiger partial charge on any atom is -0.374 e. The molecule has 4 aromatic carbocycles. The van der Waals surface area contributed by atoms with Crippen LogP contribution in [-0.2, 0) is 59.7 Å². The van der Waals surface area contributed by atoms with Crippen LogP contribution in [0.5, 0.6) is 0 Å². The van der Waals surface area contributed by atoms with Crippen molar-refractivity contribution in [2.45, 2.75) is 57.1 Å². The average molecular weight is 736 g/mol. The number of nitrogens with zero attached hydrogens (tertiary/aromatic N) is 2. The van der Waals surface area contributed by atoms with E-state index in [0.29, 0.717) is 29.8 Å². The molecule has 10 nitrogen and oxygen atoms in total. The van der Waals surface area contributed by atoms with Crippen LogP contribution in [0.2, 0.25) is 0 Å². The number of ether oxygens (including phenoxy) is 5. The maximum absolute atomic E-state index is 13.0. The van der Waals surface area contributed by atoms with Crippen LogP contribution >= 0.6 is 0 Å². The average Bonchev–Trinajstić information content (AvgIpc) is 3.78. The van der Waals surface area contributed by atoms with Crippen molar-refractivity contribution in [3.63, 3.8) is 0 Å². The monoisotopic (exact) mass is 735 g/mol. The summed E-state index contributed by atoms with van der Waals surface area (Å²) in [4.78, 5) is 30.1. The lowest BCUT2D eigenvalue weighted by Crippen LogP contribution is -2.59. The van der Waals surface area contributed by atoms with Gasteiger partial charge in [0.05, 0.1) is 38.6 Å². The molecule has 0 radical (unpaired) electrons. The van der Waals surface area contributed by atoms with Gasteiger partial charge in [-0.25, -0.2) is 4.98 Å². The molecule has 10 heteroatoms. The molecule has 0 unspecified atom stereocenters. The lowest BCUT2D eigenvalue weighted by molar-refractivity contribution is -0.289. The van der Waals surface area contributed by atoms with Gasteiger partial charge in [-0.1, -0.05) is 121 Å². The predicted octanol–water partition coefficient (Wildman–Crippen LogP) is 6.95. The van der Waals surface area contributed by atoms with E-state index in [-0.39, 0.29) is 25.4 Å². The second-order valence-electron chi connectivity index (χ2n) is 13.6. The first-order valence-electron chi connectivity index (χ1n) is 18.4. The number of imide groups is 1. The number of hydrogen-bond donors (Lipinski definition) is 1. The van der Waals surface area contributed by atoms with Crippen LogP contribution in [0.1, 0.15) is 34.0 Å². The number of amides is 2. The molecule has 6 aromatic rings. The Morgan fingerprint density at radius 3 is 1.69 bits per heavy atom. The largest absolute Gasteiger partial charge is 0.374 e. The van der Waals surface area contributed by atoms with Crippen molar-refractivity contribution in [3.8, 4) is 0 Å². The number of benzene rings is 4. The Hall–Kier alpha value is -5.75. The lowest BCUT2D eigenvalue weighted by atomic mass is 9.96. The van der Waals surface area contributed by atoms with Crippen molar-refractivity contribution in [2.75, 3.05) is 6.61 Å². The van der Waals surface area contributed by atoms with Gasteiger partial charge in [-0.2, -0.15) is 0 Å². The van der Waals surface area contributed by atoms with E-state index in [0.717, 1.165) is 22.3 Å². The summed E-state index contributed by atoms with van der Waals surface area (Å²) in [5.41, 5.74) is 5.35. The van der Waals surface area contributed by atoms with Crippen molar-refractivity contribution in [2.24, 2.45) is 0 Å². The van der Waals surface area contributed by atoms with Crippen LogP contribution in [0.25, 0.3) is 16.6 Å². The summed E-state index contributed by atoms with van der Waals surface area (Å²) in [5.74, 6) is -0.939. The summed E-state index contributed by atoms with van der Waals surface area (Å²) in [6, 6.07) is 43.5. The van der Waals surface area contributed by atoms with Crippen LogP contribution in [0.15, 0.2) is 152 Å². The number of carbonyl (C=O) groups excluding carboxylic acids is 2. The molecule has 0 saturated carbocycles. The molecule has 278 valence electrons. The molecule has 8 rings (SSSR count). The van der Waals surface area contributed by atoms with Gasteiger partial charge in [-0.15, -0.1) is 0 Å². The fourth-order valence-corrected chi connectivity index (χ4v) is 7.09. The number of pyridine rings is 1. The van der Waals surface area contributed by atoms with Crippen LogP contribution in [-0.4, -0.2) is 52.4 Å². The molecule has 2 aliphatic rings. The SMILES string of the molecule is O=C1C=C(c2cn([C@@H]3O[C@H](COCc4ccccc4)[C@@H](OCc4ccccc4)[C@H](OCc4ccccc4)[C@H]3OCc3ccccc3)c3ncccc23)C(=O)N1. The Kier molecular flexibility index (Phi) is 11.3. The molecular formula is C45H41N3O7. The van der Waals surface area contributed by atoms with Crippen molar-refractivity contribution in [3.05, 3.63) is 180 Å². The first-order valence-corrected chi connectivity index (χ1v) is 18.4. The highest BCUT2D eigenvalue weighted by Crippen LogP contribution is 2.39. The highest BCUT2D eigenvalue weighted by Gasteiger charge is 2.50. The van der Waals surface area contributed by atoms with E-state index in [9.17, 15) is 9.59 Å². The fraction of sp³-hybridized carbons (Fsp3) is 0.222. The van der Waals surface area contributed by atoms with Gasteiger partial charge in [0.2, 0.25) is 0 Å². The van der Waals surface area contributed by atoms with E-state index in [1.165, 1.54) is 6.08 Å². The van der Waals surface area contributed by atoms with Gasteiger partial charge >= 0.3 is 0 Å². The van der Waals surface area contributed by atoms with E-state index >= 15 is 0 Å². The van der Waals surface area contributed by atoms with Crippen LogP contribution < -0.4 is 5.32 Å². The van der Waals surface area contributed by atoms with Gasteiger partial charge in [-0.3, -0.25) is 14.9 Å². The topological polar surface area (TPSA) is 110 Å². The first-order chi connectivity index (χ1) is 27.1. The molecule has 1 N–H and O–H groups in total. The zero-order chi connectivity index (χ0) is 37.4. The van der Waals surface area contributed by atoms with Crippen molar-refractivity contribution in [1.29, 1.82) is 0 Å². The van der Waals surface area contributed by atoms with Gasteiger partial charge < -0.3 is 28.3 Å². The molecule has 2 aliphatic heterocycles. The van der Waals surface area contributed by atoms with Gasteiger partial charge in [-0.05, 0) is 34.4 Å². The Morgan fingerprint density at radius 2 is 1.15 bits per heavy atom. The van der Waals surface area contributed by atoms with Gasteiger partial charge in [0, 0.05) is 29.4 Å². The maximum atomic E-state index is 13.0. The summed E-state index contributed by atoms with van der Waals surface area (Å²) in [6.45, 7) is 1.41. The summed E-state index contributed by atoms with van der Waals surface area (Å²) in [7, 11) is 0. The molecule has 55 heavy (non-hydrogen) atoms. The highest BCUT2D eigenvalue weighted by molar-refractivity contribution is 6.35. The smallest absolute Gasteiger partial charge is 0.258 e. The molecule has 5 atom stereocenters. The molecular weight excluding hydrogens is 695 g/mol. The molecule has 1 saturated heterocycles. The minimum atomic E-state index is -0.821. The number of nitrogens with one attached hydrogen (secondary N) is 1. The van der Waals surface area contributed by atoms with E-state index in [1.807, 2.05) is 138 Å². The molecule has 4 heterocycles. The predicted molar refractivity (Wildman–Crippen MR) is 206 cm³/mol. The molecule has 1 fully saturated rings.